The largest absolute Gasteiger partial charge is 0.478 e. The lowest BCUT2D eigenvalue weighted by atomic mass is 10.1. The van der Waals surface area contributed by atoms with Crippen LogP contribution in [0.4, 0.5) is 24.5 Å². The summed E-state index contributed by atoms with van der Waals surface area (Å²) in [6.07, 6.45) is -4.35. The molecule has 0 bridgehead atoms. The van der Waals surface area contributed by atoms with Crippen molar-refractivity contribution < 1.29 is 23.1 Å². The number of aromatic carboxylic acids is 1. The smallest absolute Gasteiger partial charge is 0.405 e. The van der Waals surface area contributed by atoms with Crippen LogP contribution >= 0.6 is 0 Å². The SMILES string of the molecule is CN(CC(F)(F)F)c1ccc(N)c(C(=O)O)c1. The van der Waals surface area contributed by atoms with E-state index in [2.05, 4.69) is 0 Å². The van der Waals surface area contributed by atoms with Gasteiger partial charge in [0.1, 0.15) is 6.54 Å². The zero-order chi connectivity index (χ0) is 13.2. The lowest BCUT2D eigenvalue weighted by molar-refractivity contribution is -0.119. The van der Waals surface area contributed by atoms with E-state index in [1.807, 2.05) is 0 Å². The third-order valence-electron chi connectivity index (χ3n) is 2.12. The number of nitrogens with two attached hydrogens (primary N) is 1. The second-order valence-corrected chi connectivity index (χ2v) is 3.55. The van der Waals surface area contributed by atoms with Gasteiger partial charge in [0.15, 0.2) is 0 Å². The Kier molecular flexibility index (Phi) is 3.50. The number of carboxylic acids is 1. The van der Waals surface area contributed by atoms with Crippen molar-refractivity contribution in [1.82, 2.24) is 0 Å². The molecule has 0 unspecified atom stereocenters. The van der Waals surface area contributed by atoms with Crippen molar-refractivity contribution in [2.24, 2.45) is 0 Å². The number of alkyl halides is 3. The normalized spacial score (nSPS) is 11.3. The number of hydrogen-bond acceptors (Lipinski definition) is 3. The highest BCUT2D eigenvalue weighted by atomic mass is 19.4. The third kappa shape index (κ3) is 3.54. The fourth-order valence-electron chi connectivity index (χ4n) is 1.33. The molecule has 1 rings (SSSR count). The average molecular weight is 248 g/mol. The number of halogens is 3. The van der Waals surface area contributed by atoms with Gasteiger partial charge in [-0.1, -0.05) is 0 Å². The van der Waals surface area contributed by atoms with Gasteiger partial charge in [-0.15, -0.1) is 0 Å². The number of anilines is 2. The number of carboxylic acid groups (broad SMARTS) is 1. The van der Waals surface area contributed by atoms with Gasteiger partial charge in [0.2, 0.25) is 0 Å². The lowest BCUT2D eigenvalue weighted by Gasteiger charge is -2.21. The van der Waals surface area contributed by atoms with Crippen molar-refractivity contribution in [3.8, 4) is 0 Å². The van der Waals surface area contributed by atoms with Crippen LogP contribution in [0.2, 0.25) is 0 Å². The number of carbonyl (C=O) groups is 1. The molecule has 0 amide bonds. The molecule has 7 heteroatoms. The Morgan fingerprint density at radius 3 is 2.53 bits per heavy atom. The van der Waals surface area contributed by atoms with Crippen LogP contribution in [0.25, 0.3) is 0 Å². The minimum Gasteiger partial charge on any atom is -0.478 e. The summed E-state index contributed by atoms with van der Waals surface area (Å²) in [5.41, 5.74) is 5.35. The Hall–Kier alpha value is -1.92. The van der Waals surface area contributed by atoms with E-state index in [1.165, 1.54) is 19.2 Å². The van der Waals surface area contributed by atoms with E-state index >= 15 is 0 Å². The summed E-state index contributed by atoms with van der Waals surface area (Å²) in [5.74, 6) is -1.27. The minimum atomic E-state index is -4.35. The van der Waals surface area contributed by atoms with E-state index in [0.717, 1.165) is 11.0 Å². The van der Waals surface area contributed by atoms with Crippen LogP contribution in [-0.4, -0.2) is 30.8 Å². The number of nitrogen functional groups attached to an aromatic ring is 1. The first kappa shape index (κ1) is 13.1. The standard InChI is InChI=1S/C10H11F3N2O2/c1-15(5-10(11,12)13)6-2-3-8(14)7(4-6)9(16)17/h2-4H,5,14H2,1H3,(H,16,17). The summed E-state index contributed by atoms with van der Waals surface area (Å²) in [6, 6.07) is 3.72. The van der Waals surface area contributed by atoms with Crippen molar-refractivity contribution in [2.45, 2.75) is 6.18 Å². The van der Waals surface area contributed by atoms with Gasteiger partial charge < -0.3 is 15.7 Å². The van der Waals surface area contributed by atoms with E-state index in [-0.39, 0.29) is 16.9 Å². The first-order valence-corrected chi connectivity index (χ1v) is 4.61. The number of benzene rings is 1. The van der Waals surface area contributed by atoms with Gasteiger partial charge in [-0.05, 0) is 18.2 Å². The molecule has 0 atom stereocenters. The van der Waals surface area contributed by atoms with Gasteiger partial charge in [-0.3, -0.25) is 0 Å². The van der Waals surface area contributed by atoms with Gasteiger partial charge in [-0.2, -0.15) is 13.2 Å². The highest BCUT2D eigenvalue weighted by Crippen LogP contribution is 2.24. The first-order chi connectivity index (χ1) is 7.70. The van der Waals surface area contributed by atoms with E-state index in [9.17, 15) is 18.0 Å². The molecule has 0 fully saturated rings. The summed E-state index contributed by atoms with van der Waals surface area (Å²) < 4.78 is 36.4. The van der Waals surface area contributed by atoms with Crippen LogP contribution in [0.15, 0.2) is 18.2 Å². The highest BCUT2D eigenvalue weighted by Gasteiger charge is 2.29. The van der Waals surface area contributed by atoms with Crippen molar-refractivity contribution in [3.05, 3.63) is 23.8 Å². The Bertz CT molecular complexity index is 432. The summed E-state index contributed by atoms with van der Waals surface area (Å²) in [4.78, 5) is 11.7. The molecule has 3 N–H and O–H groups in total. The molecular formula is C10H11F3N2O2. The predicted molar refractivity (Wildman–Crippen MR) is 57.1 cm³/mol. The molecule has 94 valence electrons. The van der Waals surface area contributed by atoms with Gasteiger partial charge in [0.05, 0.1) is 5.56 Å². The zero-order valence-electron chi connectivity index (χ0n) is 8.95. The molecule has 0 aliphatic heterocycles. The maximum absolute atomic E-state index is 12.1. The Morgan fingerprint density at radius 2 is 2.06 bits per heavy atom. The maximum atomic E-state index is 12.1. The predicted octanol–water partition coefficient (Wildman–Crippen LogP) is 1.97. The Balaban J connectivity index is 3.00. The maximum Gasteiger partial charge on any atom is 0.405 e. The van der Waals surface area contributed by atoms with Crippen LogP contribution < -0.4 is 10.6 Å². The van der Waals surface area contributed by atoms with E-state index in [4.69, 9.17) is 10.8 Å². The molecule has 1 aromatic rings. The van der Waals surface area contributed by atoms with Crippen molar-refractivity contribution >= 4 is 17.3 Å². The summed E-state index contributed by atoms with van der Waals surface area (Å²) in [5, 5.41) is 8.78. The van der Waals surface area contributed by atoms with Gasteiger partial charge in [-0.25, -0.2) is 4.79 Å². The fraction of sp³-hybridized carbons (Fsp3) is 0.300. The van der Waals surface area contributed by atoms with Crippen LogP contribution in [0, 0.1) is 0 Å². The summed E-state index contributed by atoms with van der Waals surface area (Å²) in [6.45, 7) is -1.16. The zero-order valence-corrected chi connectivity index (χ0v) is 8.95. The summed E-state index contributed by atoms with van der Waals surface area (Å²) in [7, 11) is 1.23. The van der Waals surface area contributed by atoms with Crippen LogP contribution in [0.3, 0.4) is 0 Å². The van der Waals surface area contributed by atoms with Crippen molar-refractivity contribution in [1.29, 1.82) is 0 Å². The molecule has 0 heterocycles. The summed E-state index contributed by atoms with van der Waals surface area (Å²) >= 11 is 0. The van der Waals surface area contributed by atoms with E-state index in [0.29, 0.717) is 0 Å². The Labute approximate surface area is 95.4 Å². The Morgan fingerprint density at radius 1 is 1.47 bits per heavy atom. The molecule has 0 radical (unpaired) electrons. The molecule has 0 aliphatic carbocycles. The van der Waals surface area contributed by atoms with Crippen LogP contribution in [0.1, 0.15) is 10.4 Å². The molecule has 0 aromatic heterocycles. The van der Waals surface area contributed by atoms with Crippen LogP contribution in [0.5, 0.6) is 0 Å². The fourth-order valence-corrected chi connectivity index (χ4v) is 1.33. The van der Waals surface area contributed by atoms with Crippen molar-refractivity contribution in [2.75, 3.05) is 24.2 Å². The van der Waals surface area contributed by atoms with Gasteiger partial charge in [0.25, 0.3) is 0 Å². The van der Waals surface area contributed by atoms with Crippen LogP contribution in [-0.2, 0) is 0 Å². The number of hydrogen-bond donors (Lipinski definition) is 2. The second-order valence-electron chi connectivity index (χ2n) is 3.55. The molecule has 17 heavy (non-hydrogen) atoms. The monoisotopic (exact) mass is 248 g/mol. The molecule has 4 nitrogen and oxygen atoms in total. The molecule has 0 aliphatic rings. The molecule has 1 aromatic carbocycles. The number of rotatable bonds is 3. The minimum absolute atomic E-state index is 0.0154. The molecule has 0 spiro atoms. The molecule has 0 saturated carbocycles. The average Bonchev–Trinajstić information content (AvgIpc) is 2.14. The third-order valence-corrected chi connectivity index (χ3v) is 2.12. The molecule has 0 saturated heterocycles. The lowest BCUT2D eigenvalue weighted by Crippen LogP contribution is -2.30. The highest BCUT2D eigenvalue weighted by molar-refractivity contribution is 5.94. The quantitative estimate of drug-likeness (QED) is 0.802. The van der Waals surface area contributed by atoms with Gasteiger partial charge >= 0.3 is 12.1 Å². The van der Waals surface area contributed by atoms with E-state index < -0.39 is 18.7 Å². The molecular weight excluding hydrogens is 237 g/mol. The number of nitrogens with zero attached hydrogens (tertiary/aromatic N) is 1. The van der Waals surface area contributed by atoms with Crippen molar-refractivity contribution in [3.63, 3.8) is 0 Å². The second kappa shape index (κ2) is 4.52. The first-order valence-electron chi connectivity index (χ1n) is 4.61. The van der Waals surface area contributed by atoms with Gasteiger partial charge in [0, 0.05) is 18.4 Å². The van der Waals surface area contributed by atoms with E-state index in [1.54, 1.807) is 0 Å². The topological polar surface area (TPSA) is 66.6 Å².